The van der Waals surface area contributed by atoms with Crippen LogP contribution in [0.15, 0.2) is 34.1 Å². The number of anilines is 1. The third kappa shape index (κ3) is 4.59. The Hall–Kier alpha value is -2.32. The standard InChI is InChI=1S/C15H15ClN2O5S/c1-3-22-14(19)13-10(2)23-15(17-13)18-24(20,21)9-8-11-6-4-5-7-12(11)16/h4-9H,3H2,1-2H3,(H,17,18). The van der Waals surface area contributed by atoms with Crippen LogP contribution in [0.4, 0.5) is 6.01 Å². The lowest BCUT2D eigenvalue weighted by Crippen LogP contribution is -2.10. The van der Waals surface area contributed by atoms with E-state index in [-0.39, 0.29) is 24.1 Å². The molecule has 24 heavy (non-hydrogen) atoms. The van der Waals surface area contributed by atoms with Crippen LogP contribution in [0.3, 0.4) is 0 Å². The molecular formula is C15H15ClN2O5S. The number of esters is 1. The van der Waals surface area contributed by atoms with Crippen molar-refractivity contribution < 1.29 is 22.4 Å². The monoisotopic (exact) mass is 370 g/mol. The second-order valence-corrected chi connectivity index (χ2v) is 6.59. The van der Waals surface area contributed by atoms with E-state index in [1.165, 1.54) is 13.0 Å². The van der Waals surface area contributed by atoms with Gasteiger partial charge in [-0.25, -0.2) is 17.9 Å². The SMILES string of the molecule is CCOC(=O)c1nc(NS(=O)(=O)C=Cc2ccccc2Cl)oc1C. The largest absolute Gasteiger partial charge is 0.461 e. The average molecular weight is 371 g/mol. The Balaban J connectivity index is 2.16. The number of oxazole rings is 1. The summed E-state index contributed by atoms with van der Waals surface area (Å²) in [5.41, 5.74) is 0.463. The van der Waals surface area contributed by atoms with E-state index in [0.29, 0.717) is 10.6 Å². The number of rotatable bonds is 6. The minimum atomic E-state index is -3.89. The van der Waals surface area contributed by atoms with Crippen molar-refractivity contribution in [3.05, 3.63) is 51.7 Å². The van der Waals surface area contributed by atoms with Gasteiger partial charge < -0.3 is 9.15 Å². The zero-order chi connectivity index (χ0) is 17.7. The van der Waals surface area contributed by atoms with Crippen molar-refractivity contribution >= 4 is 39.7 Å². The van der Waals surface area contributed by atoms with Gasteiger partial charge in [-0.15, -0.1) is 0 Å². The lowest BCUT2D eigenvalue weighted by atomic mass is 10.2. The topological polar surface area (TPSA) is 98.5 Å². The highest BCUT2D eigenvalue weighted by atomic mass is 35.5. The van der Waals surface area contributed by atoms with Crippen molar-refractivity contribution in [1.29, 1.82) is 0 Å². The molecule has 0 aliphatic heterocycles. The summed E-state index contributed by atoms with van der Waals surface area (Å²) in [5, 5.41) is 1.35. The lowest BCUT2D eigenvalue weighted by Gasteiger charge is -1.99. The van der Waals surface area contributed by atoms with E-state index in [4.69, 9.17) is 20.8 Å². The van der Waals surface area contributed by atoms with Gasteiger partial charge in [0.15, 0.2) is 5.69 Å². The first-order valence-corrected chi connectivity index (χ1v) is 8.85. The van der Waals surface area contributed by atoms with E-state index in [1.807, 2.05) is 0 Å². The third-order valence-corrected chi connectivity index (χ3v) is 4.12. The summed E-state index contributed by atoms with van der Waals surface area (Å²) < 4.78 is 36.1. The van der Waals surface area contributed by atoms with Gasteiger partial charge in [0.2, 0.25) is 0 Å². The van der Waals surface area contributed by atoms with Gasteiger partial charge in [0.1, 0.15) is 5.76 Å². The van der Waals surface area contributed by atoms with Gasteiger partial charge in [-0.05, 0) is 31.6 Å². The molecule has 2 rings (SSSR count). The van der Waals surface area contributed by atoms with Crippen molar-refractivity contribution in [1.82, 2.24) is 4.98 Å². The number of aromatic nitrogens is 1. The number of nitrogens with zero attached hydrogens (tertiary/aromatic N) is 1. The van der Waals surface area contributed by atoms with E-state index in [9.17, 15) is 13.2 Å². The molecule has 9 heteroatoms. The minimum absolute atomic E-state index is 0.0790. The van der Waals surface area contributed by atoms with Crippen LogP contribution in [-0.4, -0.2) is 26.0 Å². The molecule has 0 aliphatic rings. The van der Waals surface area contributed by atoms with Gasteiger partial charge in [-0.3, -0.25) is 0 Å². The van der Waals surface area contributed by atoms with Crippen LogP contribution in [0.2, 0.25) is 5.02 Å². The van der Waals surface area contributed by atoms with Gasteiger partial charge in [0.05, 0.1) is 12.0 Å². The number of aryl methyl sites for hydroxylation is 1. The van der Waals surface area contributed by atoms with E-state index < -0.39 is 16.0 Å². The molecule has 0 amide bonds. The normalized spacial score (nSPS) is 11.6. The predicted molar refractivity (Wildman–Crippen MR) is 90.2 cm³/mol. The highest BCUT2D eigenvalue weighted by molar-refractivity contribution is 7.95. The number of ether oxygens (including phenoxy) is 1. The molecule has 0 saturated carbocycles. The summed E-state index contributed by atoms with van der Waals surface area (Å²) >= 11 is 5.95. The fourth-order valence-corrected chi connectivity index (χ4v) is 2.68. The first kappa shape index (κ1) is 18.0. The van der Waals surface area contributed by atoms with Gasteiger partial charge in [0.25, 0.3) is 10.0 Å². The van der Waals surface area contributed by atoms with E-state index in [1.54, 1.807) is 31.2 Å². The fraction of sp³-hybridized carbons (Fsp3) is 0.200. The maximum absolute atomic E-state index is 12.0. The molecule has 2 aromatic rings. The van der Waals surface area contributed by atoms with Gasteiger partial charge in [-0.1, -0.05) is 29.8 Å². The molecule has 1 aromatic heterocycles. The highest BCUT2D eigenvalue weighted by Gasteiger charge is 2.20. The van der Waals surface area contributed by atoms with Crippen LogP contribution in [0.25, 0.3) is 6.08 Å². The molecule has 128 valence electrons. The summed E-state index contributed by atoms with van der Waals surface area (Å²) in [6.07, 6.45) is 1.34. The summed E-state index contributed by atoms with van der Waals surface area (Å²) in [4.78, 5) is 15.4. The van der Waals surface area contributed by atoms with Crippen molar-refractivity contribution in [3.63, 3.8) is 0 Å². The Morgan fingerprint density at radius 3 is 2.79 bits per heavy atom. The summed E-state index contributed by atoms with van der Waals surface area (Å²) in [5.74, 6) is -0.531. The van der Waals surface area contributed by atoms with Crippen molar-refractivity contribution in [2.45, 2.75) is 13.8 Å². The molecule has 0 radical (unpaired) electrons. The number of sulfonamides is 1. The molecule has 1 aromatic carbocycles. The molecule has 0 bridgehead atoms. The number of nitrogens with one attached hydrogen (secondary N) is 1. The molecule has 1 N–H and O–H groups in total. The lowest BCUT2D eigenvalue weighted by molar-refractivity contribution is 0.0518. The fourth-order valence-electron chi connectivity index (χ4n) is 1.76. The molecule has 0 spiro atoms. The zero-order valence-corrected chi connectivity index (χ0v) is 14.5. The van der Waals surface area contributed by atoms with E-state index >= 15 is 0 Å². The summed E-state index contributed by atoms with van der Waals surface area (Å²) in [7, 11) is -3.89. The van der Waals surface area contributed by atoms with E-state index in [0.717, 1.165) is 5.41 Å². The Kier molecular flexibility index (Phi) is 5.63. The molecule has 0 fully saturated rings. The number of hydrogen-bond acceptors (Lipinski definition) is 6. The van der Waals surface area contributed by atoms with Crippen LogP contribution in [-0.2, 0) is 14.8 Å². The number of carbonyl (C=O) groups is 1. The Morgan fingerprint density at radius 1 is 1.42 bits per heavy atom. The van der Waals surface area contributed by atoms with Gasteiger partial charge in [-0.2, -0.15) is 4.98 Å². The molecular weight excluding hydrogens is 356 g/mol. The van der Waals surface area contributed by atoms with Crippen LogP contribution >= 0.6 is 11.6 Å². The first-order chi connectivity index (χ1) is 11.3. The second kappa shape index (κ2) is 7.50. The molecule has 7 nitrogen and oxygen atoms in total. The van der Waals surface area contributed by atoms with Crippen LogP contribution in [0.5, 0.6) is 0 Å². The number of halogens is 1. The summed E-state index contributed by atoms with van der Waals surface area (Å²) in [6.45, 7) is 3.31. The van der Waals surface area contributed by atoms with Crippen molar-refractivity contribution in [3.8, 4) is 0 Å². The van der Waals surface area contributed by atoms with E-state index in [2.05, 4.69) is 9.71 Å². The van der Waals surface area contributed by atoms with Crippen LogP contribution < -0.4 is 4.72 Å². The predicted octanol–water partition coefficient (Wildman–Crippen LogP) is 3.23. The Morgan fingerprint density at radius 2 is 2.12 bits per heavy atom. The Labute approximate surface area is 144 Å². The molecule has 0 aliphatic carbocycles. The Bertz CT molecular complexity index is 874. The maximum Gasteiger partial charge on any atom is 0.360 e. The molecule has 1 heterocycles. The van der Waals surface area contributed by atoms with Crippen molar-refractivity contribution in [2.24, 2.45) is 0 Å². The molecule has 0 unspecified atom stereocenters. The maximum atomic E-state index is 12.0. The average Bonchev–Trinajstić information content (AvgIpc) is 2.86. The molecule has 0 atom stereocenters. The first-order valence-electron chi connectivity index (χ1n) is 6.92. The minimum Gasteiger partial charge on any atom is -0.461 e. The number of hydrogen-bond donors (Lipinski definition) is 1. The van der Waals surface area contributed by atoms with Gasteiger partial charge >= 0.3 is 12.0 Å². The quantitative estimate of drug-likeness (QED) is 0.784. The molecule has 0 saturated heterocycles. The summed E-state index contributed by atoms with van der Waals surface area (Å²) in [6, 6.07) is 6.46. The smallest absolute Gasteiger partial charge is 0.360 e. The third-order valence-electron chi connectivity index (χ3n) is 2.83. The van der Waals surface area contributed by atoms with Crippen LogP contribution in [0, 0.1) is 6.92 Å². The zero-order valence-electron chi connectivity index (χ0n) is 12.9. The highest BCUT2D eigenvalue weighted by Crippen LogP contribution is 2.19. The van der Waals surface area contributed by atoms with Crippen molar-refractivity contribution in [2.75, 3.05) is 11.3 Å². The number of benzene rings is 1. The van der Waals surface area contributed by atoms with Gasteiger partial charge in [0, 0.05) is 5.02 Å². The van der Waals surface area contributed by atoms with Crippen LogP contribution in [0.1, 0.15) is 28.7 Å². The number of carbonyl (C=O) groups excluding carboxylic acids is 1. The second-order valence-electron chi connectivity index (χ2n) is 4.62.